The van der Waals surface area contributed by atoms with Gasteiger partial charge in [-0.15, -0.1) is 0 Å². The van der Waals surface area contributed by atoms with Crippen LogP contribution in [-0.4, -0.2) is 93.8 Å². The van der Waals surface area contributed by atoms with E-state index in [1.54, 1.807) is 71.9 Å². The smallest absolute Gasteiger partial charge is 0.326 e. The van der Waals surface area contributed by atoms with Gasteiger partial charge < -0.3 is 42.1 Å². The summed E-state index contributed by atoms with van der Waals surface area (Å²) in [6.07, 6.45) is 4.97. The van der Waals surface area contributed by atoms with Gasteiger partial charge in [-0.2, -0.15) is 0 Å². The number of nitrogens with one attached hydrogen (secondary N) is 6. The summed E-state index contributed by atoms with van der Waals surface area (Å²) in [5.41, 5.74) is 0.678. The monoisotopic (exact) mass is 816 g/mol. The third-order valence-corrected chi connectivity index (χ3v) is 10.3. The molecule has 0 aliphatic carbocycles. The molecular formula is C42H68N6O10. The highest BCUT2D eigenvalue weighted by Crippen LogP contribution is 2.13. The summed E-state index contributed by atoms with van der Waals surface area (Å²) in [4.78, 5) is 104. The summed E-state index contributed by atoms with van der Waals surface area (Å²) < 4.78 is 0. The van der Waals surface area contributed by atoms with Crippen LogP contribution >= 0.6 is 0 Å². The largest absolute Gasteiger partial charge is 0.481 e. The number of hydrogen-bond acceptors (Lipinski definition) is 8. The van der Waals surface area contributed by atoms with E-state index >= 15 is 0 Å². The number of unbranched alkanes of at least 4 members (excludes halogenated alkanes) is 4. The minimum absolute atomic E-state index is 0.000501. The summed E-state index contributed by atoms with van der Waals surface area (Å²) in [5, 5.41) is 34.8. The van der Waals surface area contributed by atoms with E-state index in [4.69, 9.17) is 0 Å². The van der Waals surface area contributed by atoms with Crippen LogP contribution in [0.3, 0.4) is 0 Å². The Balaban J connectivity index is 3.31. The van der Waals surface area contributed by atoms with Crippen molar-refractivity contribution in [3.8, 4) is 0 Å². The zero-order chi connectivity index (χ0) is 43.9. The fourth-order valence-corrected chi connectivity index (χ4v) is 6.09. The fourth-order valence-electron chi connectivity index (χ4n) is 6.09. The van der Waals surface area contributed by atoms with Crippen LogP contribution in [0.5, 0.6) is 0 Å². The van der Waals surface area contributed by atoms with Gasteiger partial charge in [0.2, 0.25) is 35.4 Å². The van der Waals surface area contributed by atoms with E-state index in [9.17, 15) is 48.6 Å². The number of amides is 6. The normalized spacial score (nSPS) is 15.3. The van der Waals surface area contributed by atoms with E-state index in [-0.39, 0.29) is 37.0 Å². The number of hydrogen-bond donors (Lipinski definition) is 8. The maximum atomic E-state index is 14.0. The molecule has 0 unspecified atom stereocenters. The molecule has 8 atom stereocenters. The fraction of sp³-hybridized carbons (Fsp3) is 0.667. The Bertz CT molecular complexity index is 1510. The molecule has 0 saturated heterocycles. The van der Waals surface area contributed by atoms with Gasteiger partial charge in [0.15, 0.2) is 0 Å². The summed E-state index contributed by atoms with van der Waals surface area (Å²) >= 11 is 0. The van der Waals surface area contributed by atoms with Crippen LogP contribution in [0.25, 0.3) is 0 Å². The maximum Gasteiger partial charge on any atom is 0.326 e. The van der Waals surface area contributed by atoms with Gasteiger partial charge in [-0.3, -0.25) is 33.6 Å². The van der Waals surface area contributed by atoms with Crippen molar-refractivity contribution in [1.82, 2.24) is 31.9 Å². The van der Waals surface area contributed by atoms with Crippen molar-refractivity contribution in [3.05, 3.63) is 35.9 Å². The highest BCUT2D eigenvalue weighted by molar-refractivity contribution is 5.97. The predicted octanol–water partition coefficient (Wildman–Crippen LogP) is 3.22. The molecule has 16 heteroatoms. The quantitative estimate of drug-likeness (QED) is 0.0574. The lowest BCUT2D eigenvalue weighted by Gasteiger charge is -2.29. The number of rotatable bonds is 28. The van der Waals surface area contributed by atoms with E-state index in [0.29, 0.717) is 24.8 Å². The van der Waals surface area contributed by atoms with Gasteiger partial charge >= 0.3 is 11.9 Å². The standard InChI is InChI=1S/C42H68N6O10/c1-9-12-13-14-18-21-32(49)46-34(25(4)5)40(55)45-31(24-29-19-16-15-17-20-29)39(54)44-30(22-23-33(50)51)38(53)47-35(26(6)10-2)41(56)43-28(8)37(52)48-36(42(57)58)27(7)11-3/h15-17,19-20,25-28,30-31,34-36H,9-14,18,21-24H2,1-8H3,(H,43,56)(H,44,54)(H,45,55)(H,46,49)(H,47,53)(H,48,52)(H,50,51)(H,57,58)/t26-,27-,28-,30-,31-,34-,35-,36-/m0/s1. The molecular weight excluding hydrogens is 748 g/mol. The molecule has 1 aromatic rings. The van der Waals surface area contributed by atoms with Crippen molar-refractivity contribution < 1.29 is 48.6 Å². The molecule has 0 radical (unpaired) electrons. The van der Waals surface area contributed by atoms with Crippen molar-refractivity contribution in [2.45, 2.75) is 162 Å². The van der Waals surface area contributed by atoms with Gasteiger partial charge in [0, 0.05) is 19.3 Å². The Morgan fingerprint density at radius 1 is 0.552 bits per heavy atom. The van der Waals surface area contributed by atoms with E-state index < -0.39 is 90.1 Å². The van der Waals surface area contributed by atoms with Crippen LogP contribution in [0.15, 0.2) is 30.3 Å². The molecule has 0 aliphatic rings. The Morgan fingerprint density at radius 2 is 1.09 bits per heavy atom. The molecule has 1 rings (SSSR count). The Hall–Kier alpha value is -5.02. The highest BCUT2D eigenvalue weighted by atomic mass is 16.4. The molecule has 0 bridgehead atoms. The topological polar surface area (TPSA) is 249 Å². The van der Waals surface area contributed by atoms with Crippen LogP contribution in [0.1, 0.15) is 125 Å². The SMILES string of the molecule is CCCCCCCC(=O)N[C@H](C(=O)N[C@@H](Cc1ccccc1)C(=O)N[C@@H](CCC(=O)O)C(=O)N[C@H](C(=O)N[C@@H](C)C(=O)N[C@H](C(=O)O)[C@@H](C)CC)[C@@H](C)CC)C(C)C. The number of carbonyl (C=O) groups is 8. The summed E-state index contributed by atoms with van der Waals surface area (Å²) in [5.74, 6) is -7.73. The van der Waals surface area contributed by atoms with Crippen molar-refractivity contribution in [3.63, 3.8) is 0 Å². The van der Waals surface area contributed by atoms with Gasteiger partial charge in [-0.25, -0.2) is 4.79 Å². The zero-order valence-corrected chi connectivity index (χ0v) is 35.5. The molecule has 8 N–H and O–H groups in total. The van der Waals surface area contributed by atoms with Crippen LogP contribution in [0, 0.1) is 17.8 Å². The molecule has 0 heterocycles. The van der Waals surface area contributed by atoms with E-state index in [1.807, 2.05) is 0 Å². The van der Waals surface area contributed by atoms with Crippen molar-refractivity contribution in [1.29, 1.82) is 0 Å². The Kier molecular flexibility index (Phi) is 23.6. The van der Waals surface area contributed by atoms with Gasteiger partial charge in [-0.1, -0.05) is 117 Å². The van der Waals surface area contributed by atoms with Crippen molar-refractivity contribution in [2.24, 2.45) is 17.8 Å². The van der Waals surface area contributed by atoms with Gasteiger partial charge in [0.1, 0.15) is 36.3 Å². The first-order valence-electron chi connectivity index (χ1n) is 20.7. The highest BCUT2D eigenvalue weighted by Gasteiger charge is 2.35. The summed E-state index contributed by atoms with van der Waals surface area (Å²) in [6.45, 7) is 13.9. The maximum absolute atomic E-state index is 14.0. The lowest BCUT2D eigenvalue weighted by atomic mass is 9.96. The first-order chi connectivity index (χ1) is 27.4. The zero-order valence-electron chi connectivity index (χ0n) is 35.5. The van der Waals surface area contributed by atoms with E-state index in [2.05, 4.69) is 38.8 Å². The van der Waals surface area contributed by atoms with Crippen LogP contribution in [-0.2, 0) is 44.8 Å². The second kappa shape index (κ2) is 26.8. The average molecular weight is 817 g/mol. The second-order valence-corrected chi connectivity index (χ2v) is 15.5. The Labute approximate surface area is 343 Å². The van der Waals surface area contributed by atoms with Crippen molar-refractivity contribution in [2.75, 3.05) is 0 Å². The molecule has 326 valence electrons. The number of carboxylic acids is 2. The van der Waals surface area contributed by atoms with Crippen LogP contribution in [0.4, 0.5) is 0 Å². The van der Waals surface area contributed by atoms with Gasteiger partial charge in [0.05, 0.1) is 0 Å². The molecule has 16 nitrogen and oxygen atoms in total. The molecule has 0 aliphatic heterocycles. The average Bonchev–Trinajstić information content (AvgIpc) is 3.18. The summed E-state index contributed by atoms with van der Waals surface area (Å²) in [6, 6.07) is 1.53. The van der Waals surface area contributed by atoms with E-state index in [0.717, 1.165) is 25.7 Å². The minimum Gasteiger partial charge on any atom is -0.481 e. The van der Waals surface area contributed by atoms with Gasteiger partial charge in [-0.05, 0) is 43.1 Å². The number of benzene rings is 1. The number of aliphatic carboxylic acids is 2. The molecule has 0 spiro atoms. The molecule has 6 amide bonds. The summed E-state index contributed by atoms with van der Waals surface area (Å²) in [7, 11) is 0. The molecule has 0 saturated carbocycles. The minimum atomic E-state index is -1.46. The van der Waals surface area contributed by atoms with Crippen molar-refractivity contribution >= 4 is 47.4 Å². The molecule has 0 fully saturated rings. The molecule has 0 aromatic heterocycles. The van der Waals surface area contributed by atoms with Crippen LogP contribution < -0.4 is 31.9 Å². The second-order valence-electron chi connectivity index (χ2n) is 15.5. The first-order valence-corrected chi connectivity index (χ1v) is 20.7. The number of carbonyl (C=O) groups excluding carboxylic acids is 6. The lowest BCUT2D eigenvalue weighted by Crippen LogP contribution is -2.61. The lowest BCUT2D eigenvalue weighted by molar-refractivity contribution is -0.144. The predicted molar refractivity (Wildman–Crippen MR) is 219 cm³/mol. The molecule has 58 heavy (non-hydrogen) atoms. The third-order valence-electron chi connectivity index (χ3n) is 10.3. The Morgan fingerprint density at radius 3 is 1.64 bits per heavy atom. The third kappa shape index (κ3) is 18.5. The number of carboxylic acid groups (broad SMARTS) is 2. The van der Waals surface area contributed by atoms with E-state index in [1.165, 1.54) is 6.92 Å². The molecule has 1 aromatic carbocycles. The first kappa shape index (κ1) is 51.0. The van der Waals surface area contributed by atoms with Crippen LogP contribution in [0.2, 0.25) is 0 Å². The van der Waals surface area contributed by atoms with Gasteiger partial charge in [0.25, 0.3) is 0 Å².